The lowest BCUT2D eigenvalue weighted by Crippen LogP contribution is -2.35. The number of carbonyl (C=O) groups excluding carboxylic acids is 1. The SMILES string of the molecule is CCCCN/C(C)=C\C(=O)N1CCCCC1. The molecular formula is C13H24N2O. The number of hydrogen-bond acceptors (Lipinski definition) is 2. The Balaban J connectivity index is 2.32. The van der Waals surface area contributed by atoms with Crippen molar-refractivity contribution in [2.45, 2.75) is 46.0 Å². The van der Waals surface area contributed by atoms with Crippen LogP contribution in [0.1, 0.15) is 46.0 Å². The molecule has 0 radical (unpaired) electrons. The van der Waals surface area contributed by atoms with Crippen molar-refractivity contribution in [2.75, 3.05) is 19.6 Å². The first-order chi connectivity index (χ1) is 7.74. The molecule has 0 aromatic heterocycles. The van der Waals surface area contributed by atoms with Gasteiger partial charge in [-0.05, 0) is 32.6 Å². The number of carbonyl (C=O) groups is 1. The number of rotatable bonds is 5. The van der Waals surface area contributed by atoms with Gasteiger partial charge in [-0.3, -0.25) is 4.79 Å². The minimum absolute atomic E-state index is 0.168. The van der Waals surface area contributed by atoms with E-state index in [1.807, 2.05) is 11.8 Å². The summed E-state index contributed by atoms with van der Waals surface area (Å²) in [6.45, 7) is 6.96. The third kappa shape index (κ3) is 4.69. The van der Waals surface area contributed by atoms with Crippen LogP contribution in [0.2, 0.25) is 0 Å². The summed E-state index contributed by atoms with van der Waals surface area (Å²) in [4.78, 5) is 13.8. The molecule has 1 fully saturated rings. The minimum atomic E-state index is 0.168. The number of allylic oxidation sites excluding steroid dienone is 1. The van der Waals surface area contributed by atoms with Crippen molar-refractivity contribution >= 4 is 5.91 Å². The summed E-state index contributed by atoms with van der Waals surface area (Å²) in [6.07, 6.45) is 7.65. The molecule has 0 bridgehead atoms. The van der Waals surface area contributed by atoms with Crippen LogP contribution in [0.15, 0.2) is 11.8 Å². The molecular weight excluding hydrogens is 200 g/mol. The van der Waals surface area contributed by atoms with Crippen LogP contribution in [0.4, 0.5) is 0 Å². The molecule has 16 heavy (non-hydrogen) atoms. The number of nitrogens with one attached hydrogen (secondary N) is 1. The largest absolute Gasteiger partial charge is 0.388 e. The predicted octanol–water partition coefficient (Wildman–Crippen LogP) is 2.29. The number of hydrogen-bond donors (Lipinski definition) is 1. The van der Waals surface area contributed by atoms with Gasteiger partial charge in [0.2, 0.25) is 5.91 Å². The van der Waals surface area contributed by atoms with E-state index in [0.717, 1.165) is 44.6 Å². The Morgan fingerprint density at radius 2 is 2.00 bits per heavy atom. The number of amides is 1. The van der Waals surface area contributed by atoms with Crippen molar-refractivity contribution in [1.29, 1.82) is 0 Å². The normalized spacial score (nSPS) is 17.4. The highest BCUT2D eigenvalue weighted by molar-refractivity contribution is 5.88. The average molecular weight is 224 g/mol. The molecule has 1 N–H and O–H groups in total. The van der Waals surface area contributed by atoms with Gasteiger partial charge in [0.15, 0.2) is 0 Å². The van der Waals surface area contributed by atoms with E-state index in [9.17, 15) is 4.79 Å². The zero-order chi connectivity index (χ0) is 11.8. The molecule has 0 aromatic rings. The van der Waals surface area contributed by atoms with Gasteiger partial charge in [-0.25, -0.2) is 0 Å². The van der Waals surface area contributed by atoms with E-state index < -0.39 is 0 Å². The summed E-state index contributed by atoms with van der Waals surface area (Å²) in [5.41, 5.74) is 0.990. The standard InChI is InChI=1S/C13H24N2O/c1-3-4-8-14-12(2)11-13(16)15-9-6-5-7-10-15/h11,14H,3-10H2,1-2H3/b12-11-. The van der Waals surface area contributed by atoms with Gasteiger partial charge in [0, 0.05) is 31.4 Å². The number of piperidine rings is 1. The lowest BCUT2D eigenvalue weighted by molar-refractivity contribution is -0.126. The maximum Gasteiger partial charge on any atom is 0.248 e. The van der Waals surface area contributed by atoms with Crippen LogP contribution in [0.3, 0.4) is 0 Å². The number of nitrogens with zero attached hydrogens (tertiary/aromatic N) is 1. The first-order valence-electron chi connectivity index (χ1n) is 6.45. The topological polar surface area (TPSA) is 32.3 Å². The van der Waals surface area contributed by atoms with E-state index in [1.165, 1.54) is 12.8 Å². The first kappa shape index (κ1) is 13.1. The van der Waals surface area contributed by atoms with Crippen molar-refractivity contribution in [1.82, 2.24) is 10.2 Å². The Labute approximate surface area is 98.9 Å². The van der Waals surface area contributed by atoms with Gasteiger partial charge in [-0.15, -0.1) is 0 Å². The summed E-state index contributed by atoms with van der Waals surface area (Å²) in [6, 6.07) is 0. The second kappa shape index (κ2) is 7.31. The summed E-state index contributed by atoms with van der Waals surface area (Å²) < 4.78 is 0. The van der Waals surface area contributed by atoms with Gasteiger partial charge in [-0.2, -0.15) is 0 Å². The zero-order valence-corrected chi connectivity index (χ0v) is 10.6. The first-order valence-corrected chi connectivity index (χ1v) is 6.45. The maximum atomic E-state index is 11.9. The molecule has 1 aliphatic rings. The quantitative estimate of drug-likeness (QED) is 0.574. The Hall–Kier alpha value is -0.990. The van der Waals surface area contributed by atoms with Crippen molar-refractivity contribution in [3.8, 4) is 0 Å². The molecule has 3 heteroatoms. The second-order valence-electron chi connectivity index (χ2n) is 4.49. The summed E-state index contributed by atoms with van der Waals surface area (Å²) in [7, 11) is 0. The lowest BCUT2D eigenvalue weighted by Gasteiger charge is -2.25. The third-order valence-electron chi connectivity index (χ3n) is 2.94. The Kier molecular flexibility index (Phi) is 5.98. The molecule has 0 unspecified atom stereocenters. The van der Waals surface area contributed by atoms with E-state index in [0.29, 0.717) is 0 Å². The number of unbranched alkanes of at least 4 members (excludes halogenated alkanes) is 1. The van der Waals surface area contributed by atoms with Crippen molar-refractivity contribution < 1.29 is 4.79 Å². The smallest absolute Gasteiger partial charge is 0.248 e. The highest BCUT2D eigenvalue weighted by Gasteiger charge is 2.14. The maximum absolute atomic E-state index is 11.9. The monoisotopic (exact) mass is 224 g/mol. The summed E-state index contributed by atoms with van der Waals surface area (Å²) in [5, 5.41) is 3.27. The van der Waals surface area contributed by atoms with E-state index in [4.69, 9.17) is 0 Å². The Morgan fingerprint density at radius 3 is 2.62 bits per heavy atom. The third-order valence-corrected chi connectivity index (χ3v) is 2.94. The fourth-order valence-corrected chi connectivity index (χ4v) is 1.90. The zero-order valence-electron chi connectivity index (χ0n) is 10.6. The number of likely N-dealkylation sites (tertiary alicyclic amines) is 1. The van der Waals surface area contributed by atoms with Crippen LogP contribution in [-0.2, 0) is 4.79 Å². The van der Waals surface area contributed by atoms with E-state index in [1.54, 1.807) is 6.08 Å². The van der Waals surface area contributed by atoms with Crippen LogP contribution in [-0.4, -0.2) is 30.4 Å². The Morgan fingerprint density at radius 1 is 1.31 bits per heavy atom. The minimum Gasteiger partial charge on any atom is -0.388 e. The van der Waals surface area contributed by atoms with Gasteiger partial charge < -0.3 is 10.2 Å². The predicted molar refractivity (Wildman–Crippen MR) is 67.1 cm³/mol. The van der Waals surface area contributed by atoms with Crippen LogP contribution >= 0.6 is 0 Å². The molecule has 0 atom stereocenters. The lowest BCUT2D eigenvalue weighted by atomic mass is 10.1. The van der Waals surface area contributed by atoms with Gasteiger partial charge in [0.1, 0.15) is 0 Å². The highest BCUT2D eigenvalue weighted by atomic mass is 16.2. The summed E-state index contributed by atoms with van der Waals surface area (Å²) in [5.74, 6) is 0.168. The van der Waals surface area contributed by atoms with Crippen LogP contribution in [0.25, 0.3) is 0 Å². The fraction of sp³-hybridized carbons (Fsp3) is 0.769. The van der Waals surface area contributed by atoms with Crippen LogP contribution < -0.4 is 5.32 Å². The van der Waals surface area contributed by atoms with Gasteiger partial charge in [-0.1, -0.05) is 13.3 Å². The molecule has 0 saturated carbocycles. The second-order valence-corrected chi connectivity index (χ2v) is 4.49. The van der Waals surface area contributed by atoms with Crippen molar-refractivity contribution in [3.63, 3.8) is 0 Å². The van der Waals surface area contributed by atoms with Crippen LogP contribution in [0.5, 0.6) is 0 Å². The van der Waals surface area contributed by atoms with E-state index in [-0.39, 0.29) is 5.91 Å². The molecule has 3 nitrogen and oxygen atoms in total. The highest BCUT2D eigenvalue weighted by Crippen LogP contribution is 2.09. The molecule has 0 aliphatic carbocycles. The molecule has 1 rings (SSSR count). The van der Waals surface area contributed by atoms with Crippen LogP contribution in [0, 0.1) is 0 Å². The van der Waals surface area contributed by atoms with E-state index >= 15 is 0 Å². The van der Waals surface area contributed by atoms with Gasteiger partial charge in [0.25, 0.3) is 0 Å². The van der Waals surface area contributed by atoms with E-state index in [2.05, 4.69) is 12.2 Å². The Bertz CT molecular complexity index is 242. The summed E-state index contributed by atoms with van der Waals surface area (Å²) >= 11 is 0. The van der Waals surface area contributed by atoms with Gasteiger partial charge in [0.05, 0.1) is 0 Å². The molecule has 1 amide bonds. The van der Waals surface area contributed by atoms with Crippen molar-refractivity contribution in [2.24, 2.45) is 0 Å². The molecule has 1 heterocycles. The molecule has 0 spiro atoms. The van der Waals surface area contributed by atoms with Gasteiger partial charge >= 0.3 is 0 Å². The molecule has 0 aromatic carbocycles. The fourth-order valence-electron chi connectivity index (χ4n) is 1.90. The molecule has 1 aliphatic heterocycles. The molecule has 1 saturated heterocycles. The average Bonchev–Trinajstić information content (AvgIpc) is 2.30. The molecule has 92 valence electrons. The van der Waals surface area contributed by atoms with Crippen molar-refractivity contribution in [3.05, 3.63) is 11.8 Å².